The van der Waals surface area contributed by atoms with Crippen LogP contribution in [0.25, 0.3) is 21.8 Å². The van der Waals surface area contributed by atoms with Crippen molar-refractivity contribution in [1.29, 1.82) is 0 Å². The van der Waals surface area contributed by atoms with Crippen LogP contribution in [-0.2, 0) is 16.0 Å². The molecule has 7 nitrogen and oxygen atoms in total. The Bertz CT molecular complexity index is 1140. The molecule has 162 valence electrons. The number of hydrogen-bond acceptors (Lipinski definition) is 4. The van der Waals surface area contributed by atoms with Crippen LogP contribution in [0.4, 0.5) is 0 Å². The molecule has 0 radical (unpaired) electrons. The predicted octanol–water partition coefficient (Wildman–Crippen LogP) is 2.29. The summed E-state index contributed by atoms with van der Waals surface area (Å²) in [5.74, 6) is 0.159. The zero-order valence-corrected chi connectivity index (χ0v) is 17.6. The van der Waals surface area contributed by atoms with Crippen molar-refractivity contribution in [2.45, 2.75) is 25.2 Å². The molecule has 0 spiro atoms. The maximum absolute atomic E-state index is 12.9. The molecule has 2 aromatic carbocycles. The molecule has 4 N–H and O–H groups in total. The van der Waals surface area contributed by atoms with E-state index in [9.17, 15) is 9.59 Å². The molecular weight excluding hydrogens is 392 g/mol. The minimum atomic E-state index is -0.342. The number of nitrogens with zero attached hydrogens (tertiary/aromatic N) is 1. The summed E-state index contributed by atoms with van der Waals surface area (Å²) in [5, 5.41) is 5.57. The molecule has 3 aromatic rings. The van der Waals surface area contributed by atoms with E-state index in [4.69, 9.17) is 10.5 Å². The molecule has 2 aliphatic heterocycles. The lowest BCUT2D eigenvalue weighted by atomic mass is 9.87. The SMILES string of the molecule is NC(=O)Cc1cc(C2CCNCC2)cc2c1[nH]c1cc(C(=O)N3CCOCC3)ccc12. The normalized spacial score (nSPS) is 18.0. The number of amides is 2. The van der Waals surface area contributed by atoms with Crippen molar-refractivity contribution in [1.82, 2.24) is 15.2 Å². The lowest BCUT2D eigenvalue weighted by Gasteiger charge is -2.26. The zero-order valence-electron chi connectivity index (χ0n) is 17.6. The van der Waals surface area contributed by atoms with E-state index in [1.165, 1.54) is 5.56 Å². The van der Waals surface area contributed by atoms with Crippen LogP contribution in [0.15, 0.2) is 30.3 Å². The highest BCUT2D eigenvalue weighted by Gasteiger charge is 2.21. The molecule has 2 saturated heterocycles. The Hall–Kier alpha value is -2.90. The van der Waals surface area contributed by atoms with Gasteiger partial charge in [0.15, 0.2) is 0 Å². The summed E-state index contributed by atoms with van der Waals surface area (Å²) >= 11 is 0. The fourth-order valence-corrected chi connectivity index (χ4v) is 4.90. The molecular formula is C24H28N4O3. The molecule has 0 atom stereocenters. The van der Waals surface area contributed by atoms with Gasteiger partial charge in [-0.05, 0) is 61.2 Å². The Morgan fingerprint density at radius 3 is 2.58 bits per heavy atom. The Kier molecular flexibility index (Phi) is 5.38. The number of benzene rings is 2. The van der Waals surface area contributed by atoms with E-state index in [1.54, 1.807) is 0 Å². The van der Waals surface area contributed by atoms with Crippen LogP contribution in [-0.4, -0.2) is 61.1 Å². The average molecular weight is 421 g/mol. The average Bonchev–Trinajstić information content (AvgIpc) is 3.17. The Morgan fingerprint density at radius 1 is 1.06 bits per heavy atom. The van der Waals surface area contributed by atoms with E-state index >= 15 is 0 Å². The first-order chi connectivity index (χ1) is 15.1. The van der Waals surface area contributed by atoms with Crippen molar-refractivity contribution in [3.8, 4) is 0 Å². The predicted molar refractivity (Wildman–Crippen MR) is 120 cm³/mol. The van der Waals surface area contributed by atoms with Crippen molar-refractivity contribution in [3.63, 3.8) is 0 Å². The molecule has 2 aliphatic rings. The first kappa shape index (κ1) is 20.0. The van der Waals surface area contributed by atoms with Crippen LogP contribution in [0.3, 0.4) is 0 Å². The first-order valence-corrected chi connectivity index (χ1v) is 11.0. The van der Waals surface area contributed by atoms with Crippen molar-refractivity contribution in [2.75, 3.05) is 39.4 Å². The molecule has 3 heterocycles. The number of rotatable bonds is 4. The van der Waals surface area contributed by atoms with E-state index in [1.807, 2.05) is 23.1 Å². The number of piperidine rings is 1. The monoisotopic (exact) mass is 420 g/mol. The number of hydrogen-bond donors (Lipinski definition) is 3. The van der Waals surface area contributed by atoms with Gasteiger partial charge in [-0.25, -0.2) is 0 Å². The number of primary amides is 1. The molecule has 7 heteroatoms. The number of aromatic amines is 1. The minimum Gasteiger partial charge on any atom is -0.378 e. The number of nitrogens with two attached hydrogens (primary N) is 1. The molecule has 0 bridgehead atoms. The number of fused-ring (bicyclic) bond motifs is 3. The minimum absolute atomic E-state index is 0.0246. The summed E-state index contributed by atoms with van der Waals surface area (Å²) in [6.45, 7) is 4.41. The quantitative estimate of drug-likeness (QED) is 0.603. The molecule has 5 rings (SSSR count). The number of ether oxygens (including phenoxy) is 1. The molecule has 2 amide bonds. The second-order valence-electron chi connectivity index (χ2n) is 8.56. The van der Waals surface area contributed by atoms with Gasteiger partial charge in [-0.1, -0.05) is 12.1 Å². The van der Waals surface area contributed by atoms with Crippen molar-refractivity contribution < 1.29 is 14.3 Å². The fourth-order valence-electron chi connectivity index (χ4n) is 4.90. The van der Waals surface area contributed by atoms with E-state index in [0.717, 1.165) is 53.3 Å². The third-order valence-corrected chi connectivity index (χ3v) is 6.53. The van der Waals surface area contributed by atoms with Gasteiger partial charge in [-0.15, -0.1) is 0 Å². The molecule has 0 saturated carbocycles. The summed E-state index contributed by atoms with van der Waals surface area (Å²) in [6, 6.07) is 10.2. The second-order valence-corrected chi connectivity index (χ2v) is 8.56. The Labute approximate surface area is 180 Å². The largest absolute Gasteiger partial charge is 0.378 e. The third-order valence-electron chi connectivity index (χ3n) is 6.53. The van der Waals surface area contributed by atoms with E-state index in [-0.39, 0.29) is 18.2 Å². The lowest BCUT2D eigenvalue weighted by Crippen LogP contribution is -2.40. The van der Waals surface area contributed by atoms with Crippen molar-refractivity contribution >= 4 is 33.6 Å². The van der Waals surface area contributed by atoms with Gasteiger partial charge in [-0.3, -0.25) is 9.59 Å². The van der Waals surface area contributed by atoms with E-state index in [2.05, 4.69) is 22.4 Å². The molecule has 31 heavy (non-hydrogen) atoms. The molecule has 2 fully saturated rings. The van der Waals surface area contributed by atoms with E-state index < -0.39 is 0 Å². The number of H-pyrrole nitrogens is 1. The second kappa shape index (κ2) is 8.32. The van der Waals surface area contributed by atoms with Crippen molar-refractivity contribution in [2.24, 2.45) is 5.73 Å². The molecule has 0 aliphatic carbocycles. The van der Waals surface area contributed by atoms with Crippen molar-refractivity contribution in [3.05, 3.63) is 47.0 Å². The van der Waals surface area contributed by atoms with Gasteiger partial charge < -0.3 is 25.7 Å². The van der Waals surface area contributed by atoms with Gasteiger partial charge in [0.25, 0.3) is 5.91 Å². The van der Waals surface area contributed by atoms with E-state index in [0.29, 0.717) is 37.8 Å². The summed E-state index contributed by atoms with van der Waals surface area (Å²) in [6.07, 6.45) is 2.37. The van der Waals surface area contributed by atoms with Crippen LogP contribution in [0.2, 0.25) is 0 Å². The van der Waals surface area contributed by atoms with Crippen LogP contribution in [0, 0.1) is 0 Å². The molecule has 0 unspecified atom stereocenters. The van der Waals surface area contributed by atoms with Gasteiger partial charge in [0.2, 0.25) is 5.91 Å². The number of aromatic nitrogens is 1. The van der Waals surface area contributed by atoms with Crippen LogP contribution < -0.4 is 11.1 Å². The summed E-state index contributed by atoms with van der Waals surface area (Å²) in [4.78, 5) is 30.0. The summed E-state index contributed by atoms with van der Waals surface area (Å²) < 4.78 is 5.36. The van der Waals surface area contributed by atoms with Gasteiger partial charge in [-0.2, -0.15) is 0 Å². The highest BCUT2D eigenvalue weighted by Crippen LogP contribution is 2.34. The first-order valence-electron chi connectivity index (χ1n) is 11.0. The Morgan fingerprint density at radius 2 is 1.84 bits per heavy atom. The highest BCUT2D eigenvalue weighted by molar-refractivity contribution is 6.11. The maximum atomic E-state index is 12.9. The van der Waals surface area contributed by atoms with Gasteiger partial charge in [0.05, 0.1) is 25.2 Å². The number of nitrogens with one attached hydrogen (secondary N) is 2. The standard InChI is InChI=1S/C24H28N4O3/c25-22(29)14-18-11-17(15-3-5-26-6-4-15)12-20-19-2-1-16(13-21(19)27-23(18)20)24(30)28-7-9-31-10-8-28/h1-2,11-13,15,26-27H,3-10,14H2,(H2,25,29). The lowest BCUT2D eigenvalue weighted by molar-refractivity contribution is -0.117. The van der Waals surface area contributed by atoms with Gasteiger partial charge in [0.1, 0.15) is 0 Å². The van der Waals surface area contributed by atoms with Crippen LogP contribution in [0.5, 0.6) is 0 Å². The maximum Gasteiger partial charge on any atom is 0.254 e. The van der Waals surface area contributed by atoms with Crippen LogP contribution >= 0.6 is 0 Å². The Balaban J connectivity index is 1.58. The fraction of sp³-hybridized carbons (Fsp3) is 0.417. The highest BCUT2D eigenvalue weighted by atomic mass is 16.5. The topological polar surface area (TPSA) is 100 Å². The molecule has 1 aromatic heterocycles. The summed E-state index contributed by atoms with van der Waals surface area (Å²) in [7, 11) is 0. The van der Waals surface area contributed by atoms with Crippen LogP contribution in [0.1, 0.15) is 40.2 Å². The number of carbonyl (C=O) groups excluding carboxylic acids is 2. The number of carbonyl (C=O) groups is 2. The smallest absolute Gasteiger partial charge is 0.254 e. The zero-order chi connectivity index (χ0) is 21.4. The summed E-state index contributed by atoms with van der Waals surface area (Å²) in [5.41, 5.74) is 10.3. The van der Waals surface area contributed by atoms with Gasteiger partial charge in [0, 0.05) is 34.9 Å². The number of morpholine rings is 1. The van der Waals surface area contributed by atoms with Gasteiger partial charge >= 0.3 is 0 Å². The third kappa shape index (κ3) is 3.91.